The highest BCUT2D eigenvalue weighted by atomic mass is 15.2. The Morgan fingerprint density at radius 2 is 1.67 bits per heavy atom. The molecule has 0 saturated heterocycles. The van der Waals surface area contributed by atoms with E-state index in [1.54, 1.807) is 0 Å². The van der Waals surface area contributed by atoms with E-state index in [1.807, 2.05) is 0 Å². The van der Waals surface area contributed by atoms with Crippen molar-refractivity contribution in [3.05, 3.63) is 0 Å². The Morgan fingerprint density at radius 3 is 2.19 bits per heavy atom. The molecule has 0 bridgehead atoms. The van der Waals surface area contributed by atoms with Crippen molar-refractivity contribution >= 4 is 0 Å². The van der Waals surface area contributed by atoms with E-state index in [-0.39, 0.29) is 5.54 Å². The zero-order valence-electron chi connectivity index (χ0n) is 15.5. The summed E-state index contributed by atoms with van der Waals surface area (Å²) in [6.45, 7) is 17.7. The van der Waals surface area contributed by atoms with E-state index in [0.717, 1.165) is 31.5 Å². The van der Waals surface area contributed by atoms with Crippen LogP contribution in [-0.2, 0) is 0 Å². The van der Waals surface area contributed by atoms with Crippen molar-refractivity contribution in [3.8, 4) is 0 Å². The minimum Gasteiger partial charge on any atom is -0.312 e. The second-order valence-corrected chi connectivity index (χ2v) is 7.37. The largest absolute Gasteiger partial charge is 0.312 e. The van der Waals surface area contributed by atoms with Crippen LogP contribution in [-0.4, -0.2) is 36.1 Å². The molecule has 1 N–H and O–H groups in total. The smallest absolute Gasteiger partial charge is 0.0308 e. The Bertz CT molecular complexity index is 271. The van der Waals surface area contributed by atoms with Crippen molar-refractivity contribution in [2.45, 2.75) is 91.6 Å². The van der Waals surface area contributed by atoms with Gasteiger partial charge in [0.05, 0.1) is 0 Å². The van der Waals surface area contributed by atoms with E-state index >= 15 is 0 Å². The van der Waals surface area contributed by atoms with Crippen LogP contribution in [0.1, 0.15) is 80.1 Å². The van der Waals surface area contributed by atoms with Crippen LogP contribution in [0.5, 0.6) is 0 Å². The minimum atomic E-state index is 0.244. The maximum Gasteiger partial charge on any atom is 0.0308 e. The molecular formula is C19H40N2. The maximum atomic E-state index is 3.95. The van der Waals surface area contributed by atoms with E-state index in [2.05, 4.69) is 51.8 Å². The molecule has 0 heterocycles. The third-order valence-electron chi connectivity index (χ3n) is 5.87. The molecule has 2 nitrogen and oxygen atoms in total. The molecule has 126 valence electrons. The van der Waals surface area contributed by atoms with Crippen LogP contribution in [0, 0.1) is 11.8 Å². The van der Waals surface area contributed by atoms with E-state index in [0.29, 0.717) is 6.04 Å². The fourth-order valence-corrected chi connectivity index (χ4v) is 4.64. The molecule has 0 aromatic carbocycles. The summed E-state index contributed by atoms with van der Waals surface area (Å²) in [4.78, 5) is 2.65. The van der Waals surface area contributed by atoms with Gasteiger partial charge in [0.1, 0.15) is 0 Å². The summed E-state index contributed by atoms with van der Waals surface area (Å²) in [5.74, 6) is 1.77. The van der Waals surface area contributed by atoms with Crippen molar-refractivity contribution < 1.29 is 0 Å². The summed E-state index contributed by atoms with van der Waals surface area (Å²) < 4.78 is 0. The average molecular weight is 297 g/mol. The van der Waals surface area contributed by atoms with E-state index < -0.39 is 0 Å². The molecule has 0 spiro atoms. The summed E-state index contributed by atoms with van der Waals surface area (Å²) >= 11 is 0. The predicted molar refractivity (Wildman–Crippen MR) is 94.8 cm³/mol. The fourth-order valence-electron chi connectivity index (χ4n) is 4.64. The van der Waals surface area contributed by atoms with E-state index in [4.69, 9.17) is 0 Å². The SMILES string of the molecule is CCCNC(C1CCCCC1CC)C(C)(C)N(CC)CC. The normalized spacial score (nSPS) is 25.3. The molecule has 21 heavy (non-hydrogen) atoms. The van der Waals surface area contributed by atoms with Gasteiger partial charge in [-0.15, -0.1) is 0 Å². The summed E-state index contributed by atoms with van der Waals surface area (Å²) in [5.41, 5.74) is 0.244. The molecule has 1 fully saturated rings. The number of nitrogens with zero attached hydrogens (tertiary/aromatic N) is 1. The van der Waals surface area contributed by atoms with Crippen LogP contribution < -0.4 is 5.32 Å². The lowest BCUT2D eigenvalue weighted by Gasteiger charge is -2.50. The molecule has 0 radical (unpaired) electrons. The Kier molecular flexibility index (Phi) is 8.26. The summed E-state index contributed by atoms with van der Waals surface area (Å²) in [6.07, 6.45) is 8.32. The van der Waals surface area contributed by atoms with Gasteiger partial charge in [-0.2, -0.15) is 0 Å². The Morgan fingerprint density at radius 1 is 1.05 bits per heavy atom. The molecular weight excluding hydrogens is 256 g/mol. The molecule has 1 aliphatic carbocycles. The molecule has 0 aromatic rings. The maximum absolute atomic E-state index is 3.95. The van der Waals surface area contributed by atoms with Gasteiger partial charge in [0.2, 0.25) is 0 Å². The van der Waals surface area contributed by atoms with Crippen molar-refractivity contribution in [1.82, 2.24) is 10.2 Å². The first kappa shape index (κ1) is 19.0. The van der Waals surface area contributed by atoms with Crippen molar-refractivity contribution in [2.24, 2.45) is 11.8 Å². The van der Waals surface area contributed by atoms with Crippen LogP contribution in [0.4, 0.5) is 0 Å². The monoisotopic (exact) mass is 296 g/mol. The highest BCUT2D eigenvalue weighted by molar-refractivity contribution is 4.99. The average Bonchev–Trinajstić information content (AvgIpc) is 2.48. The summed E-state index contributed by atoms with van der Waals surface area (Å²) in [7, 11) is 0. The first-order chi connectivity index (χ1) is 10.0. The van der Waals surface area contributed by atoms with Gasteiger partial charge in [-0.05, 0) is 58.2 Å². The first-order valence-corrected chi connectivity index (χ1v) is 9.51. The quantitative estimate of drug-likeness (QED) is 0.664. The topological polar surface area (TPSA) is 15.3 Å². The first-order valence-electron chi connectivity index (χ1n) is 9.51. The third kappa shape index (κ3) is 4.69. The molecule has 1 rings (SSSR count). The van der Waals surface area contributed by atoms with Crippen molar-refractivity contribution in [2.75, 3.05) is 19.6 Å². The van der Waals surface area contributed by atoms with Crippen molar-refractivity contribution in [3.63, 3.8) is 0 Å². The molecule has 0 aliphatic heterocycles. The summed E-state index contributed by atoms with van der Waals surface area (Å²) in [6, 6.07) is 0.627. The molecule has 1 aliphatic rings. The lowest BCUT2D eigenvalue weighted by Crippen LogP contribution is -2.62. The Labute approximate surface area is 134 Å². The second-order valence-electron chi connectivity index (χ2n) is 7.37. The van der Waals surface area contributed by atoms with Gasteiger partial charge in [-0.25, -0.2) is 0 Å². The molecule has 3 atom stereocenters. The lowest BCUT2D eigenvalue weighted by molar-refractivity contribution is 0.0338. The van der Waals surface area contributed by atoms with Crippen LogP contribution in [0.2, 0.25) is 0 Å². The third-order valence-corrected chi connectivity index (χ3v) is 5.87. The van der Waals surface area contributed by atoms with E-state index in [1.165, 1.54) is 38.5 Å². The zero-order chi connectivity index (χ0) is 15.9. The van der Waals surface area contributed by atoms with Gasteiger partial charge in [0.15, 0.2) is 0 Å². The molecule has 1 saturated carbocycles. The van der Waals surface area contributed by atoms with Gasteiger partial charge in [0, 0.05) is 11.6 Å². The standard InChI is InChI=1S/C19H40N2/c1-7-15-20-18(19(5,6)21(9-3)10-4)17-14-12-11-13-16(17)8-2/h16-18,20H,7-15H2,1-6H3. The zero-order valence-corrected chi connectivity index (χ0v) is 15.5. The minimum absolute atomic E-state index is 0.244. The number of hydrogen-bond acceptors (Lipinski definition) is 2. The molecule has 2 heteroatoms. The number of hydrogen-bond donors (Lipinski definition) is 1. The lowest BCUT2D eigenvalue weighted by atomic mass is 9.69. The number of rotatable bonds is 9. The number of nitrogens with one attached hydrogen (secondary N) is 1. The highest BCUT2D eigenvalue weighted by Crippen LogP contribution is 2.39. The Hall–Kier alpha value is -0.0800. The van der Waals surface area contributed by atoms with Crippen LogP contribution >= 0.6 is 0 Å². The van der Waals surface area contributed by atoms with Crippen LogP contribution in [0.3, 0.4) is 0 Å². The van der Waals surface area contributed by atoms with Gasteiger partial charge in [0.25, 0.3) is 0 Å². The van der Waals surface area contributed by atoms with Crippen molar-refractivity contribution in [1.29, 1.82) is 0 Å². The predicted octanol–water partition coefficient (Wildman–Crippen LogP) is 4.69. The highest BCUT2D eigenvalue weighted by Gasteiger charge is 2.41. The molecule has 0 amide bonds. The molecule has 3 unspecified atom stereocenters. The van der Waals surface area contributed by atoms with Crippen LogP contribution in [0.25, 0.3) is 0 Å². The van der Waals surface area contributed by atoms with Gasteiger partial charge >= 0.3 is 0 Å². The number of likely N-dealkylation sites (N-methyl/N-ethyl adjacent to an activating group) is 1. The van der Waals surface area contributed by atoms with E-state index in [9.17, 15) is 0 Å². The molecule has 0 aromatic heterocycles. The fraction of sp³-hybridized carbons (Fsp3) is 1.00. The Balaban J connectivity index is 2.96. The summed E-state index contributed by atoms with van der Waals surface area (Å²) in [5, 5.41) is 3.95. The van der Waals surface area contributed by atoms with Gasteiger partial charge in [-0.3, -0.25) is 4.90 Å². The van der Waals surface area contributed by atoms with Gasteiger partial charge < -0.3 is 5.32 Å². The van der Waals surface area contributed by atoms with Crippen LogP contribution in [0.15, 0.2) is 0 Å². The second kappa shape index (κ2) is 9.15. The van der Waals surface area contributed by atoms with Gasteiger partial charge in [-0.1, -0.05) is 53.4 Å².